The Labute approximate surface area is 74.9 Å². The van der Waals surface area contributed by atoms with Crippen LogP contribution >= 0.6 is 0 Å². The van der Waals surface area contributed by atoms with Crippen molar-refractivity contribution < 1.29 is 4.79 Å². The molecular formula is C7H9N5O. The van der Waals surface area contributed by atoms with Gasteiger partial charge >= 0.3 is 6.03 Å². The lowest BCUT2D eigenvalue weighted by molar-refractivity contribution is 0.259. The van der Waals surface area contributed by atoms with Crippen LogP contribution in [0.3, 0.4) is 0 Å². The molecule has 13 heavy (non-hydrogen) atoms. The molecule has 0 aliphatic heterocycles. The van der Waals surface area contributed by atoms with Gasteiger partial charge in [-0.15, -0.1) is 0 Å². The molecule has 0 fully saturated rings. The molecule has 68 valence electrons. The second-order valence-corrected chi connectivity index (χ2v) is 2.36. The molecule has 0 aromatic carbocycles. The van der Waals surface area contributed by atoms with Gasteiger partial charge < -0.3 is 5.73 Å². The fraction of sp³-hybridized carbons (Fsp3) is 0.286. The van der Waals surface area contributed by atoms with Crippen molar-refractivity contribution in [1.29, 1.82) is 5.26 Å². The number of amides is 2. The molecule has 2 amide bonds. The number of nitrogens with two attached hydrogens (primary N) is 1. The monoisotopic (exact) mass is 179 g/mol. The van der Waals surface area contributed by atoms with Gasteiger partial charge in [-0.25, -0.2) is 4.79 Å². The Balaban J connectivity index is 2.54. The van der Waals surface area contributed by atoms with Crippen LogP contribution in [0.2, 0.25) is 0 Å². The standard InChI is InChI=1S/C7H9N5O/c8-3-1-4-12-5-2-6(11-12)10-7(9)13/h2,5H,1,4H2,(H3,9,10,11,13). The first-order valence-electron chi connectivity index (χ1n) is 3.69. The minimum atomic E-state index is -0.648. The predicted octanol–water partition coefficient (Wildman–Crippen LogP) is 0.287. The quantitative estimate of drug-likeness (QED) is 0.697. The van der Waals surface area contributed by atoms with Crippen LogP contribution in [0.15, 0.2) is 12.3 Å². The fourth-order valence-corrected chi connectivity index (χ4v) is 0.844. The number of primary amides is 1. The summed E-state index contributed by atoms with van der Waals surface area (Å²) in [5.41, 5.74) is 4.88. The van der Waals surface area contributed by atoms with Crippen molar-refractivity contribution in [3.05, 3.63) is 12.3 Å². The minimum absolute atomic E-state index is 0.387. The zero-order valence-electron chi connectivity index (χ0n) is 6.90. The molecule has 0 saturated carbocycles. The van der Waals surface area contributed by atoms with Gasteiger partial charge in [-0.1, -0.05) is 0 Å². The van der Waals surface area contributed by atoms with E-state index in [1.54, 1.807) is 16.9 Å². The molecule has 0 saturated heterocycles. The zero-order chi connectivity index (χ0) is 9.68. The molecule has 1 rings (SSSR count). The van der Waals surface area contributed by atoms with E-state index in [-0.39, 0.29) is 0 Å². The molecule has 0 spiro atoms. The van der Waals surface area contributed by atoms with Crippen LogP contribution in [0.4, 0.5) is 10.6 Å². The van der Waals surface area contributed by atoms with Crippen LogP contribution in [0, 0.1) is 11.3 Å². The highest BCUT2D eigenvalue weighted by Gasteiger charge is 1.99. The normalized spacial score (nSPS) is 9.15. The summed E-state index contributed by atoms with van der Waals surface area (Å²) in [5, 5.41) is 14.6. The number of urea groups is 1. The maximum atomic E-state index is 10.4. The Hall–Kier alpha value is -2.03. The van der Waals surface area contributed by atoms with Crippen molar-refractivity contribution in [3.8, 4) is 6.07 Å². The van der Waals surface area contributed by atoms with Gasteiger partial charge in [0, 0.05) is 12.3 Å². The highest BCUT2D eigenvalue weighted by molar-refractivity contribution is 5.86. The van der Waals surface area contributed by atoms with Crippen molar-refractivity contribution in [2.24, 2.45) is 5.73 Å². The van der Waals surface area contributed by atoms with E-state index in [2.05, 4.69) is 10.4 Å². The molecule has 0 radical (unpaired) electrons. The van der Waals surface area contributed by atoms with E-state index >= 15 is 0 Å². The van der Waals surface area contributed by atoms with Gasteiger partial charge in [0.25, 0.3) is 0 Å². The number of carbonyl (C=O) groups is 1. The molecule has 0 aliphatic rings. The average Bonchev–Trinajstić information content (AvgIpc) is 2.48. The third-order valence-electron chi connectivity index (χ3n) is 1.34. The lowest BCUT2D eigenvalue weighted by atomic mass is 10.5. The van der Waals surface area contributed by atoms with Crippen LogP contribution in [-0.2, 0) is 6.54 Å². The van der Waals surface area contributed by atoms with E-state index in [4.69, 9.17) is 11.0 Å². The Morgan fingerprint density at radius 1 is 1.85 bits per heavy atom. The zero-order valence-corrected chi connectivity index (χ0v) is 6.90. The number of nitrogens with one attached hydrogen (secondary N) is 1. The van der Waals surface area contributed by atoms with Crippen molar-refractivity contribution >= 4 is 11.8 Å². The number of aromatic nitrogens is 2. The number of hydrogen-bond acceptors (Lipinski definition) is 3. The van der Waals surface area contributed by atoms with E-state index in [1.165, 1.54) is 0 Å². The highest BCUT2D eigenvalue weighted by Crippen LogP contribution is 2.01. The molecule has 0 bridgehead atoms. The number of nitrogens with zero attached hydrogens (tertiary/aromatic N) is 3. The number of anilines is 1. The number of hydrogen-bond donors (Lipinski definition) is 2. The van der Waals surface area contributed by atoms with Gasteiger partial charge in [0.15, 0.2) is 5.82 Å². The molecule has 0 atom stereocenters. The Morgan fingerprint density at radius 3 is 3.23 bits per heavy atom. The van der Waals surface area contributed by atoms with E-state index < -0.39 is 6.03 Å². The molecule has 1 heterocycles. The Bertz CT molecular complexity index is 337. The molecule has 1 aromatic heterocycles. The summed E-state index contributed by atoms with van der Waals surface area (Å²) in [6, 6.07) is 2.96. The summed E-state index contributed by atoms with van der Waals surface area (Å²) in [6.07, 6.45) is 2.06. The van der Waals surface area contributed by atoms with Crippen LogP contribution in [0.1, 0.15) is 6.42 Å². The fourth-order valence-electron chi connectivity index (χ4n) is 0.844. The maximum Gasteiger partial charge on any atom is 0.317 e. The third-order valence-corrected chi connectivity index (χ3v) is 1.34. The van der Waals surface area contributed by atoms with E-state index in [1.807, 2.05) is 6.07 Å². The molecule has 0 unspecified atom stereocenters. The smallest absolute Gasteiger partial charge is 0.317 e. The first-order valence-corrected chi connectivity index (χ1v) is 3.69. The summed E-state index contributed by atoms with van der Waals surface area (Å²) < 4.78 is 1.56. The number of carbonyl (C=O) groups excluding carboxylic acids is 1. The Kier molecular flexibility index (Phi) is 2.87. The molecule has 0 aliphatic carbocycles. The number of nitriles is 1. The van der Waals surface area contributed by atoms with Crippen molar-refractivity contribution in [2.45, 2.75) is 13.0 Å². The van der Waals surface area contributed by atoms with Gasteiger partial charge in [-0.05, 0) is 0 Å². The highest BCUT2D eigenvalue weighted by atomic mass is 16.2. The summed E-state index contributed by atoms with van der Waals surface area (Å²) in [6.45, 7) is 0.511. The lowest BCUT2D eigenvalue weighted by Crippen LogP contribution is -2.19. The van der Waals surface area contributed by atoms with Crippen LogP contribution in [-0.4, -0.2) is 15.8 Å². The van der Waals surface area contributed by atoms with Crippen LogP contribution in [0.5, 0.6) is 0 Å². The van der Waals surface area contributed by atoms with Gasteiger partial charge in [0.1, 0.15) is 0 Å². The van der Waals surface area contributed by atoms with Crippen molar-refractivity contribution in [2.75, 3.05) is 5.32 Å². The average molecular weight is 179 g/mol. The van der Waals surface area contributed by atoms with Crippen LogP contribution in [0.25, 0.3) is 0 Å². The van der Waals surface area contributed by atoms with Gasteiger partial charge in [0.2, 0.25) is 0 Å². The molecule has 6 nitrogen and oxygen atoms in total. The first kappa shape index (κ1) is 9.06. The molecular weight excluding hydrogens is 170 g/mol. The largest absolute Gasteiger partial charge is 0.351 e. The lowest BCUT2D eigenvalue weighted by Gasteiger charge is -1.96. The van der Waals surface area contributed by atoms with Gasteiger partial charge in [-0.3, -0.25) is 10.00 Å². The molecule has 3 N–H and O–H groups in total. The summed E-state index contributed by atoms with van der Waals surface area (Å²) in [4.78, 5) is 10.4. The molecule has 6 heteroatoms. The predicted molar refractivity (Wildman–Crippen MR) is 45.7 cm³/mol. The summed E-state index contributed by atoms with van der Waals surface area (Å²) in [7, 11) is 0. The SMILES string of the molecule is N#CCCn1ccc(NC(N)=O)n1. The summed E-state index contributed by atoms with van der Waals surface area (Å²) in [5.74, 6) is 0.394. The van der Waals surface area contributed by atoms with E-state index in [0.717, 1.165) is 0 Å². The van der Waals surface area contributed by atoms with E-state index in [0.29, 0.717) is 18.8 Å². The van der Waals surface area contributed by atoms with Crippen molar-refractivity contribution in [3.63, 3.8) is 0 Å². The topological polar surface area (TPSA) is 96.7 Å². The van der Waals surface area contributed by atoms with Gasteiger partial charge in [-0.2, -0.15) is 10.4 Å². The number of rotatable bonds is 3. The van der Waals surface area contributed by atoms with Gasteiger partial charge in [0.05, 0.1) is 19.0 Å². The Morgan fingerprint density at radius 2 is 2.62 bits per heavy atom. The first-order chi connectivity index (χ1) is 6.22. The molecule has 1 aromatic rings. The van der Waals surface area contributed by atoms with E-state index in [9.17, 15) is 4.79 Å². The maximum absolute atomic E-state index is 10.4. The second kappa shape index (κ2) is 4.11. The number of aryl methyl sites for hydroxylation is 1. The minimum Gasteiger partial charge on any atom is -0.351 e. The second-order valence-electron chi connectivity index (χ2n) is 2.36. The van der Waals surface area contributed by atoms with Crippen molar-refractivity contribution in [1.82, 2.24) is 9.78 Å². The summed E-state index contributed by atoms with van der Waals surface area (Å²) >= 11 is 0. The van der Waals surface area contributed by atoms with Crippen LogP contribution < -0.4 is 11.1 Å². The third kappa shape index (κ3) is 2.83.